The SMILES string of the molecule is O=C1/C(=C\c2ccccc2)CN(C(=O)Oc2ccc(N([O-])O)cc2)C/C1=C\c1ccccc1. The average Bonchev–Trinajstić information content (AvgIpc) is 2.83. The Morgan fingerprint density at radius 2 is 1.33 bits per heavy atom. The number of piperidine rings is 1. The van der Waals surface area contributed by atoms with Gasteiger partial charge in [0.1, 0.15) is 5.75 Å². The lowest BCUT2D eigenvalue weighted by molar-refractivity contribution is -0.113. The first-order valence-corrected chi connectivity index (χ1v) is 10.3. The molecule has 3 aromatic carbocycles. The molecule has 0 bridgehead atoms. The number of amides is 1. The number of carbonyl (C=O) groups excluding carboxylic acids is 2. The fourth-order valence-electron chi connectivity index (χ4n) is 3.48. The first-order valence-electron chi connectivity index (χ1n) is 10.3. The van der Waals surface area contributed by atoms with Crippen molar-refractivity contribution in [2.45, 2.75) is 0 Å². The zero-order valence-electron chi connectivity index (χ0n) is 17.6. The van der Waals surface area contributed by atoms with Crippen LogP contribution in [0, 0.1) is 5.21 Å². The minimum atomic E-state index is -0.629. The topological polar surface area (TPSA) is 93.1 Å². The minimum absolute atomic E-state index is 0.0135. The van der Waals surface area contributed by atoms with Crippen molar-refractivity contribution in [2.24, 2.45) is 0 Å². The number of carbonyl (C=O) groups is 2. The molecule has 7 heteroatoms. The third-order valence-electron chi connectivity index (χ3n) is 5.11. The van der Waals surface area contributed by atoms with Gasteiger partial charge in [-0.2, -0.15) is 0 Å². The monoisotopic (exact) mass is 441 g/mol. The average molecular weight is 441 g/mol. The molecule has 1 aliphatic heterocycles. The van der Waals surface area contributed by atoms with Crippen molar-refractivity contribution < 1.29 is 19.5 Å². The van der Waals surface area contributed by atoms with Gasteiger partial charge in [-0.3, -0.25) is 14.9 Å². The Kier molecular flexibility index (Phi) is 6.64. The number of rotatable bonds is 4. The fourth-order valence-corrected chi connectivity index (χ4v) is 3.48. The van der Waals surface area contributed by atoms with Crippen LogP contribution in [0.4, 0.5) is 10.5 Å². The summed E-state index contributed by atoms with van der Waals surface area (Å²) in [7, 11) is 0. The van der Waals surface area contributed by atoms with Gasteiger partial charge < -0.3 is 15.2 Å². The van der Waals surface area contributed by atoms with E-state index in [1.807, 2.05) is 60.7 Å². The highest BCUT2D eigenvalue weighted by molar-refractivity contribution is 6.15. The Morgan fingerprint density at radius 3 is 1.79 bits per heavy atom. The second-order valence-corrected chi connectivity index (χ2v) is 7.48. The summed E-state index contributed by atoms with van der Waals surface area (Å²) in [6, 6.07) is 24.3. The first-order chi connectivity index (χ1) is 16.0. The number of anilines is 1. The Bertz CT molecular complexity index is 1120. The molecule has 1 saturated heterocycles. The smallest absolute Gasteiger partial charge is 0.415 e. The van der Waals surface area contributed by atoms with Crippen molar-refractivity contribution >= 4 is 29.7 Å². The molecular formula is C26H21N2O5-. The summed E-state index contributed by atoms with van der Waals surface area (Å²) in [5.41, 5.74) is 2.68. The van der Waals surface area contributed by atoms with E-state index in [2.05, 4.69) is 0 Å². The lowest BCUT2D eigenvalue weighted by Crippen LogP contribution is -2.43. The largest absolute Gasteiger partial charge is 0.733 e. The van der Waals surface area contributed by atoms with Gasteiger partial charge in [0.25, 0.3) is 0 Å². The van der Waals surface area contributed by atoms with Crippen LogP contribution in [0.3, 0.4) is 0 Å². The van der Waals surface area contributed by atoms with Crippen molar-refractivity contribution in [2.75, 3.05) is 18.3 Å². The lowest BCUT2D eigenvalue weighted by Gasteiger charge is -2.29. The number of ether oxygens (including phenoxy) is 1. The number of ketones is 1. The predicted molar refractivity (Wildman–Crippen MR) is 126 cm³/mol. The van der Waals surface area contributed by atoms with Gasteiger partial charge in [-0.25, -0.2) is 4.79 Å². The molecule has 1 heterocycles. The molecule has 1 amide bonds. The van der Waals surface area contributed by atoms with Gasteiger partial charge in [-0.15, -0.1) is 0 Å². The summed E-state index contributed by atoms with van der Waals surface area (Å²) in [6.07, 6.45) is 2.93. The van der Waals surface area contributed by atoms with Crippen LogP contribution >= 0.6 is 0 Å². The maximum atomic E-state index is 13.2. The van der Waals surface area contributed by atoms with Gasteiger partial charge in [0.2, 0.25) is 0 Å². The molecule has 166 valence electrons. The molecule has 1 fully saturated rings. The van der Waals surface area contributed by atoms with Gasteiger partial charge in [0.05, 0.1) is 18.8 Å². The molecule has 3 aromatic rings. The van der Waals surface area contributed by atoms with E-state index in [9.17, 15) is 14.8 Å². The van der Waals surface area contributed by atoms with Crippen LogP contribution in [0.2, 0.25) is 0 Å². The van der Waals surface area contributed by atoms with Gasteiger partial charge in [0.15, 0.2) is 5.78 Å². The zero-order valence-corrected chi connectivity index (χ0v) is 17.6. The number of hydrogen-bond donors (Lipinski definition) is 1. The summed E-state index contributed by atoms with van der Waals surface area (Å²) < 4.78 is 5.44. The van der Waals surface area contributed by atoms with Crippen LogP contribution < -0.4 is 9.96 Å². The van der Waals surface area contributed by atoms with Crippen LogP contribution in [0.25, 0.3) is 12.2 Å². The number of likely N-dealkylation sites (tertiary alicyclic amines) is 1. The second-order valence-electron chi connectivity index (χ2n) is 7.48. The highest BCUT2D eigenvalue weighted by Gasteiger charge is 2.30. The summed E-state index contributed by atoms with van der Waals surface area (Å²) in [5.74, 6) is 0.0965. The number of benzene rings is 3. The molecule has 0 saturated carbocycles. The van der Waals surface area contributed by atoms with Crippen molar-refractivity contribution in [1.29, 1.82) is 0 Å². The van der Waals surface area contributed by atoms with Gasteiger partial charge >= 0.3 is 6.09 Å². The van der Waals surface area contributed by atoms with Gasteiger partial charge in [0, 0.05) is 11.1 Å². The number of Topliss-reactive ketones (excluding diaryl/α,β-unsaturated/α-hetero) is 1. The zero-order chi connectivity index (χ0) is 23.2. The molecule has 1 aliphatic rings. The summed E-state index contributed by atoms with van der Waals surface area (Å²) >= 11 is 0. The standard InChI is InChI=1S/C26H21N2O5/c29-25-21(15-19-7-3-1-4-8-19)17-27(18-22(25)16-20-9-5-2-6-10-20)26(30)33-24-13-11-23(12-14-24)28(31)32/h1-16,31H,17-18H2/q-1/b21-15-,22-16+. The van der Waals surface area contributed by atoms with E-state index in [-0.39, 0.29) is 35.5 Å². The number of nitrogens with zero attached hydrogens (tertiary/aromatic N) is 2. The molecule has 0 unspecified atom stereocenters. The van der Waals surface area contributed by atoms with Crippen molar-refractivity contribution in [1.82, 2.24) is 4.90 Å². The van der Waals surface area contributed by atoms with Crippen LogP contribution in [0.15, 0.2) is 96.1 Å². The van der Waals surface area contributed by atoms with Crippen molar-refractivity contribution in [3.63, 3.8) is 0 Å². The van der Waals surface area contributed by atoms with E-state index in [4.69, 9.17) is 9.94 Å². The Morgan fingerprint density at radius 1 is 0.848 bits per heavy atom. The molecule has 0 atom stereocenters. The van der Waals surface area contributed by atoms with E-state index >= 15 is 0 Å². The molecule has 0 radical (unpaired) electrons. The third-order valence-corrected chi connectivity index (χ3v) is 5.11. The highest BCUT2D eigenvalue weighted by Crippen LogP contribution is 2.24. The van der Waals surface area contributed by atoms with E-state index in [0.717, 1.165) is 11.1 Å². The molecule has 0 spiro atoms. The van der Waals surface area contributed by atoms with E-state index in [1.165, 1.54) is 29.2 Å². The van der Waals surface area contributed by atoms with Crippen molar-refractivity contribution in [3.8, 4) is 5.75 Å². The summed E-state index contributed by atoms with van der Waals surface area (Å²) in [6.45, 7) is 0.198. The highest BCUT2D eigenvalue weighted by atomic mass is 16.8. The minimum Gasteiger partial charge on any atom is -0.733 e. The maximum absolute atomic E-state index is 13.2. The molecular weight excluding hydrogens is 420 g/mol. The van der Waals surface area contributed by atoms with Crippen LogP contribution in [0.5, 0.6) is 5.75 Å². The first kappa shape index (κ1) is 22.0. The van der Waals surface area contributed by atoms with Crippen molar-refractivity contribution in [3.05, 3.63) is 112 Å². The number of hydrogen-bond acceptors (Lipinski definition) is 6. The summed E-state index contributed by atoms with van der Waals surface area (Å²) in [4.78, 5) is 27.5. The van der Waals surface area contributed by atoms with Gasteiger partial charge in [-0.1, -0.05) is 60.7 Å². The predicted octanol–water partition coefficient (Wildman–Crippen LogP) is 4.93. The normalized spacial score (nSPS) is 16.2. The molecule has 33 heavy (non-hydrogen) atoms. The second kappa shape index (κ2) is 9.95. The fraction of sp³-hybridized carbons (Fsp3) is 0.0769. The van der Waals surface area contributed by atoms with Gasteiger partial charge in [-0.05, 0) is 47.5 Å². The van der Waals surface area contributed by atoms with E-state index in [1.54, 1.807) is 12.2 Å². The molecule has 1 N–H and O–H groups in total. The molecule has 0 aromatic heterocycles. The van der Waals surface area contributed by atoms with E-state index in [0.29, 0.717) is 11.1 Å². The van der Waals surface area contributed by atoms with Crippen LogP contribution in [0.1, 0.15) is 11.1 Å². The summed E-state index contributed by atoms with van der Waals surface area (Å²) in [5, 5.41) is 19.6. The Labute approximate surface area is 191 Å². The van der Waals surface area contributed by atoms with E-state index < -0.39 is 6.09 Å². The Hall–Kier alpha value is -4.20. The Balaban J connectivity index is 1.61. The quantitative estimate of drug-likeness (QED) is 0.456. The molecule has 4 rings (SSSR count). The third kappa shape index (κ3) is 5.54. The maximum Gasteiger partial charge on any atom is 0.415 e. The van der Waals surface area contributed by atoms with Crippen LogP contribution in [-0.2, 0) is 4.79 Å². The molecule has 7 nitrogen and oxygen atoms in total. The molecule has 0 aliphatic carbocycles. The van der Waals surface area contributed by atoms with Crippen LogP contribution in [-0.4, -0.2) is 35.1 Å². The lowest BCUT2D eigenvalue weighted by atomic mass is 9.94.